The van der Waals surface area contributed by atoms with Crippen LogP contribution in [0.5, 0.6) is 11.5 Å². The quantitative estimate of drug-likeness (QED) is 0.195. The molecule has 2 aromatic heterocycles. The average molecular weight is 640 g/mol. The number of aromatic nitrogens is 2. The van der Waals surface area contributed by atoms with Crippen LogP contribution in [0.15, 0.2) is 87.8 Å². The minimum absolute atomic E-state index is 0.171. The standard InChI is InChI=1S/C36H34FN3O5S/c1-6-44-33-26(12-10-14-29(33)43-5)32-31(35(42)45-7-2)21(3)38-36-40(32)34(41)30(46-36)19-27-22(4)39(28-13-9-8-11-25(27)28)20-23-15-17-24(37)18-16-23/h8-19,32H,6-7,20H2,1-5H3/b30-19+/t32-/m1/s1. The van der Waals surface area contributed by atoms with E-state index in [0.717, 1.165) is 27.7 Å². The Hall–Kier alpha value is -4.96. The highest BCUT2D eigenvalue weighted by Crippen LogP contribution is 2.41. The van der Waals surface area contributed by atoms with E-state index < -0.39 is 12.0 Å². The van der Waals surface area contributed by atoms with E-state index in [2.05, 4.69) is 4.57 Å². The van der Waals surface area contributed by atoms with Crippen LogP contribution in [0.2, 0.25) is 0 Å². The largest absolute Gasteiger partial charge is 0.493 e. The van der Waals surface area contributed by atoms with Gasteiger partial charge in [-0.15, -0.1) is 0 Å². The van der Waals surface area contributed by atoms with Crippen LogP contribution in [0.25, 0.3) is 17.0 Å². The molecule has 236 valence electrons. The van der Waals surface area contributed by atoms with Crippen LogP contribution < -0.4 is 24.4 Å². The third-order valence-corrected chi connectivity index (χ3v) is 9.12. The van der Waals surface area contributed by atoms with Gasteiger partial charge in [0, 0.05) is 34.3 Å². The minimum atomic E-state index is -0.852. The topological polar surface area (TPSA) is 84.1 Å². The van der Waals surface area contributed by atoms with E-state index in [4.69, 9.17) is 19.2 Å². The molecule has 1 aliphatic rings. The lowest BCUT2D eigenvalue weighted by Gasteiger charge is -2.26. The number of halogens is 1. The number of allylic oxidation sites excluding steroid dienone is 1. The Balaban J connectivity index is 1.57. The number of nitrogens with zero attached hydrogens (tertiary/aromatic N) is 3. The van der Waals surface area contributed by atoms with Crippen molar-refractivity contribution < 1.29 is 23.4 Å². The first-order valence-corrected chi connectivity index (χ1v) is 15.9. The van der Waals surface area contributed by atoms with Gasteiger partial charge in [0.1, 0.15) is 11.9 Å². The van der Waals surface area contributed by atoms with Crippen LogP contribution in [-0.4, -0.2) is 35.4 Å². The predicted molar refractivity (Wildman–Crippen MR) is 177 cm³/mol. The van der Waals surface area contributed by atoms with Gasteiger partial charge in [-0.05, 0) is 63.6 Å². The Kier molecular flexibility index (Phi) is 8.64. The summed E-state index contributed by atoms with van der Waals surface area (Å²) < 4.78 is 34.9. The van der Waals surface area contributed by atoms with Crippen molar-refractivity contribution in [1.82, 2.24) is 9.13 Å². The fourth-order valence-corrected chi connectivity index (χ4v) is 7.07. The second-order valence-electron chi connectivity index (χ2n) is 10.8. The fraction of sp³-hybridized carbons (Fsp3) is 0.250. The second kappa shape index (κ2) is 12.8. The summed E-state index contributed by atoms with van der Waals surface area (Å²) in [5.74, 6) is 0.107. The molecule has 8 nitrogen and oxygen atoms in total. The molecule has 0 N–H and O–H groups in total. The van der Waals surface area contributed by atoms with Gasteiger partial charge in [-0.25, -0.2) is 14.2 Å². The average Bonchev–Trinajstić information content (AvgIpc) is 3.50. The first kappa shape index (κ1) is 31.0. The van der Waals surface area contributed by atoms with Crippen LogP contribution in [-0.2, 0) is 16.1 Å². The Morgan fingerprint density at radius 2 is 1.78 bits per heavy atom. The van der Waals surface area contributed by atoms with Crippen molar-refractivity contribution in [2.45, 2.75) is 40.3 Å². The van der Waals surface area contributed by atoms with E-state index in [0.29, 0.717) is 45.2 Å². The Morgan fingerprint density at radius 3 is 2.50 bits per heavy atom. The van der Waals surface area contributed by atoms with Crippen molar-refractivity contribution >= 4 is 34.3 Å². The number of esters is 1. The van der Waals surface area contributed by atoms with Crippen molar-refractivity contribution in [2.75, 3.05) is 20.3 Å². The summed E-state index contributed by atoms with van der Waals surface area (Å²) in [6.45, 7) is 8.44. The molecule has 0 spiro atoms. The number of carbonyl (C=O) groups excluding carboxylic acids is 1. The number of fused-ring (bicyclic) bond motifs is 2. The first-order valence-electron chi connectivity index (χ1n) is 15.1. The van der Waals surface area contributed by atoms with Crippen LogP contribution >= 0.6 is 11.3 Å². The van der Waals surface area contributed by atoms with Crippen LogP contribution in [0.4, 0.5) is 4.39 Å². The number of benzene rings is 3. The molecule has 0 aliphatic carbocycles. The van der Waals surface area contributed by atoms with Crippen molar-refractivity contribution in [2.24, 2.45) is 4.99 Å². The van der Waals surface area contributed by atoms with E-state index in [1.165, 1.54) is 23.5 Å². The van der Waals surface area contributed by atoms with Gasteiger partial charge in [-0.1, -0.05) is 53.8 Å². The number of para-hydroxylation sites is 2. The maximum Gasteiger partial charge on any atom is 0.338 e. The van der Waals surface area contributed by atoms with E-state index in [-0.39, 0.29) is 23.6 Å². The summed E-state index contributed by atoms with van der Waals surface area (Å²) in [6, 6.07) is 19.1. The SMILES string of the molecule is CCOC(=O)C1=C(C)N=c2s/c(=C/c3c(C)n(Cc4ccc(F)cc4)c4ccccc34)c(=O)n2[C@@H]1c1cccc(OC)c1OCC. The minimum Gasteiger partial charge on any atom is -0.493 e. The van der Waals surface area contributed by atoms with E-state index in [9.17, 15) is 14.0 Å². The summed E-state index contributed by atoms with van der Waals surface area (Å²) in [6.07, 6.45) is 1.90. The lowest BCUT2D eigenvalue weighted by molar-refractivity contribution is -0.139. The molecule has 1 aliphatic heterocycles. The van der Waals surface area contributed by atoms with Gasteiger partial charge in [0.2, 0.25) is 0 Å². The molecule has 5 aromatic rings. The number of hydrogen-bond acceptors (Lipinski definition) is 7. The van der Waals surface area contributed by atoms with Crippen molar-refractivity contribution in [3.8, 4) is 11.5 Å². The molecule has 0 saturated carbocycles. The molecule has 10 heteroatoms. The van der Waals surface area contributed by atoms with Gasteiger partial charge in [-0.2, -0.15) is 0 Å². The van der Waals surface area contributed by atoms with Crippen molar-refractivity contribution in [3.05, 3.63) is 126 Å². The Morgan fingerprint density at radius 1 is 1.02 bits per heavy atom. The zero-order valence-electron chi connectivity index (χ0n) is 26.3. The van der Waals surface area contributed by atoms with Gasteiger partial charge in [-0.3, -0.25) is 9.36 Å². The van der Waals surface area contributed by atoms with Crippen molar-refractivity contribution in [3.63, 3.8) is 0 Å². The van der Waals surface area contributed by atoms with E-state index >= 15 is 0 Å². The molecule has 0 bridgehead atoms. The molecule has 6 rings (SSSR count). The third-order valence-electron chi connectivity index (χ3n) is 8.14. The lowest BCUT2D eigenvalue weighted by atomic mass is 9.94. The number of carbonyl (C=O) groups is 1. The highest BCUT2D eigenvalue weighted by Gasteiger charge is 2.36. The van der Waals surface area contributed by atoms with Gasteiger partial charge in [0.15, 0.2) is 16.3 Å². The zero-order chi connectivity index (χ0) is 32.5. The number of thiazole rings is 1. The molecule has 0 amide bonds. The highest BCUT2D eigenvalue weighted by atomic mass is 32.1. The summed E-state index contributed by atoms with van der Waals surface area (Å²) in [7, 11) is 1.55. The molecule has 0 fully saturated rings. The fourth-order valence-electron chi connectivity index (χ4n) is 6.04. The number of ether oxygens (including phenoxy) is 3. The maximum absolute atomic E-state index is 14.4. The number of hydrogen-bond donors (Lipinski definition) is 0. The maximum atomic E-state index is 14.4. The lowest BCUT2D eigenvalue weighted by Crippen LogP contribution is -2.40. The zero-order valence-corrected chi connectivity index (χ0v) is 27.1. The molecule has 3 aromatic carbocycles. The molecule has 3 heterocycles. The number of rotatable bonds is 9. The molecule has 0 saturated heterocycles. The molecular weight excluding hydrogens is 605 g/mol. The molecule has 1 atom stereocenters. The van der Waals surface area contributed by atoms with Crippen LogP contribution in [0, 0.1) is 12.7 Å². The van der Waals surface area contributed by atoms with Gasteiger partial charge >= 0.3 is 5.97 Å². The molecular formula is C36H34FN3O5S. The molecule has 46 heavy (non-hydrogen) atoms. The summed E-state index contributed by atoms with van der Waals surface area (Å²) in [5, 5.41) is 0.985. The summed E-state index contributed by atoms with van der Waals surface area (Å²) in [5.41, 5.74) is 4.86. The third kappa shape index (κ3) is 5.43. The van der Waals surface area contributed by atoms with E-state index in [1.54, 1.807) is 43.7 Å². The van der Waals surface area contributed by atoms with Crippen molar-refractivity contribution in [1.29, 1.82) is 0 Å². The summed E-state index contributed by atoms with van der Waals surface area (Å²) >= 11 is 1.27. The number of methoxy groups -OCH3 is 1. The monoisotopic (exact) mass is 639 g/mol. The van der Waals surface area contributed by atoms with Crippen LogP contribution in [0.3, 0.4) is 0 Å². The Labute approximate surface area is 269 Å². The molecule has 0 radical (unpaired) electrons. The van der Waals surface area contributed by atoms with Gasteiger partial charge < -0.3 is 18.8 Å². The van der Waals surface area contributed by atoms with Crippen LogP contribution in [0.1, 0.15) is 49.2 Å². The summed E-state index contributed by atoms with van der Waals surface area (Å²) in [4.78, 5) is 33.1. The van der Waals surface area contributed by atoms with Gasteiger partial charge in [0.05, 0.1) is 36.1 Å². The highest BCUT2D eigenvalue weighted by molar-refractivity contribution is 7.07. The normalized spacial score (nSPS) is 14.7. The second-order valence-corrected chi connectivity index (χ2v) is 11.9. The predicted octanol–water partition coefficient (Wildman–Crippen LogP) is 5.66. The first-order chi connectivity index (χ1) is 22.3. The molecule has 0 unspecified atom stereocenters. The Bertz CT molecular complexity index is 2180. The van der Waals surface area contributed by atoms with E-state index in [1.807, 2.05) is 56.3 Å². The smallest absolute Gasteiger partial charge is 0.338 e. The van der Waals surface area contributed by atoms with Gasteiger partial charge in [0.25, 0.3) is 5.56 Å².